The molecule has 0 spiro atoms. The molecule has 3 rings (SSSR count). The first-order chi connectivity index (χ1) is 9.98. The first-order valence-corrected chi connectivity index (χ1v) is 7.84. The van der Waals surface area contributed by atoms with Crippen LogP contribution in [0.4, 0.5) is 11.4 Å². The lowest BCUT2D eigenvalue weighted by Crippen LogP contribution is -2.37. The summed E-state index contributed by atoms with van der Waals surface area (Å²) < 4.78 is 0. The van der Waals surface area contributed by atoms with E-state index in [0.29, 0.717) is 11.5 Å². The molecule has 21 heavy (non-hydrogen) atoms. The molecule has 1 saturated carbocycles. The summed E-state index contributed by atoms with van der Waals surface area (Å²) in [6, 6.07) is 8.84. The Hall–Kier alpha value is -1.77. The molecular weight excluding hydrogens is 258 g/mol. The molecule has 1 aromatic carbocycles. The minimum absolute atomic E-state index is 0.489. The minimum atomic E-state index is 0.489. The quantitative estimate of drug-likeness (QED) is 0.897. The SMILES string of the molecule is CN(c1c(N)cnc2ccccc12)C1CCC(C)(C)CC1. The average molecular weight is 283 g/mol. The lowest BCUT2D eigenvalue weighted by molar-refractivity contribution is 0.223. The van der Waals surface area contributed by atoms with E-state index < -0.39 is 0 Å². The molecule has 3 nitrogen and oxygen atoms in total. The molecule has 1 aromatic heterocycles. The lowest BCUT2D eigenvalue weighted by Gasteiger charge is -2.40. The van der Waals surface area contributed by atoms with Crippen LogP contribution in [0.5, 0.6) is 0 Å². The van der Waals surface area contributed by atoms with Gasteiger partial charge in [-0.15, -0.1) is 0 Å². The second kappa shape index (κ2) is 5.21. The van der Waals surface area contributed by atoms with E-state index in [1.54, 1.807) is 6.20 Å². The van der Waals surface area contributed by atoms with Crippen LogP contribution >= 0.6 is 0 Å². The predicted octanol–water partition coefficient (Wildman–Crippen LogP) is 4.22. The van der Waals surface area contributed by atoms with Crippen LogP contribution < -0.4 is 10.6 Å². The number of nitrogen functional groups attached to an aromatic ring is 1. The molecule has 0 unspecified atom stereocenters. The van der Waals surface area contributed by atoms with Gasteiger partial charge in [-0.2, -0.15) is 0 Å². The number of hydrogen-bond acceptors (Lipinski definition) is 3. The van der Waals surface area contributed by atoms with Gasteiger partial charge in [-0.25, -0.2) is 0 Å². The van der Waals surface area contributed by atoms with Gasteiger partial charge in [0, 0.05) is 18.5 Å². The highest BCUT2D eigenvalue weighted by molar-refractivity contribution is 5.97. The molecule has 0 saturated heterocycles. The Morgan fingerprint density at radius 3 is 2.57 bits per heavy atom. The second-order valence-corrected chi connectivity index (χ2v) is 7.09. The van der Waals surface area contributed by atoms with Gasteiger partial charge in [0.05, 0.1) is 23.1 Å². The number of anilines is 2. The van der Waals surface area contributed by atoms with Gasteiger partial charge < -0.3 is 10.6 Å². The summed E-state index contributed by atoms with van der Waals surface area (Å²) in [5.41, 5.74) is 9.67. The number of hydrogen-bond donors (Lipinski definition) is 1. The summed E-state index contributed by atoms with van der Waals surface area (Å²) in [6.07, 6.45) is 6.83. The van der Waals surface area contributed by atoms with Crippen molar-refractivity contribution in [3.05, 3.63) is 30.5 Å². The summed E-state index contributed by atoms with van der Waals surface area (Å²) in [4.78, 5) is 6.82. The Morgan fingerprint density at radius 1 is 1.19 bits per heavy atom. The maximum absolute atomic E-state index is 6.24. The zero-order chi connectivity index (χ0) is 15.0. The fraction of sp³-hybridized carbons (Fsp3) is 0.500. The minimum Gasteiger partial charge on any atom is -0.396 e. The van der Waals surface area contributed by atoms with E-state index in [1.165, 1.54) is 25.7 Å². The molecule has 1 fully saturated rings. The van der Waals surface area contributed by atoms with Gasteiger partial charge in [0.1, 0.15) is 0 Å². The summed E-state index contributed by atoms with van der Waals surface area (Å²) >= 11 is 0. The van der Waals surface area contributed by atoms with Crippen molar-refractivity contribution in [3.63, 3.8) is 0 Å². The number of nitrogens with zero attached hydrogens (tertiary/aromatic N) is 2. The molecule has 0 bridgehead atoms. The smallest absolute Gasteiger partial charge is 0.0745 e. The largest absolute Gasteiger partial charge is 0.396 e. The number of benzene rings is 1. The molecule has 1 aliphatic carbocycles. The lowest BCUT2D eigenvalue weighted by atomic mass is 9.75. The summed E-state index contributed by atoms with van der Waals surface area (Å²) in [5, 5.41) is 1.16. The summed E-state index contributed by atoms with van der Waals surface area (Å²) in [6.45, 7) is 4.75. The van der Waals surface area contributed by atoms with Crippen LogP contribution in [0.15, 0.2) is 30.5 Å². The first kappa shape index (κ1) is 14.2. The van der Waals surface area contributed by atoms with Gasteiger partial charge in [0.2, 0.25) is 0 Å². The second-order valence-electron chi connectivity index (χ2n) is 7.09. The Balaban J connectivity index is 1.95. The number of pyridine rings is 1. The maximum atomic E-state index is 6.24. The van der Waals surface area contributed by atoms with Gasteiger partial charge in [0.25, 0.3) is 0 Å². The van der Waals surface area contributed by atoms with E-state index in [-0.39, 0.29) is 0 Å². The fourth-order valence-corrected chi connectivity index (χ4v) is 3.49. The summed E-state index contributed by atoms with van der Waals surface area (Å²) in [5.74, 6) is 0. The molecule has 112 valence electrons. The van der Waals surface area contributed by atoms with Crippen molar-refractivity contribution in [1.82, 2.24) is 4.98 Å². The topological polar surface area (TPSA) is 42.1 Å². The molecule has 1 aliphatic rings. The number of para-hydroxylation sites is 1. The van der Waals surface area contributed by atoms with Crippen LogP contribution in [0.1, 0.15) is 39.5 Å². The predicted molar refractivity (Wildman–Crippen MR) is 90.6 cm³/mol. The van der Waals surface area contributed by atoms with E-state index in [2.05, 4.69) is 49.0 Å². The molecule has 2 N–H and O–H groups in total. The number of nitrogens with two attached hydrogens (primary N) is 1. The van der Waals surface area contributed by atoms with Crippen molar-refractivity contribution in [2.75, 3.05) is 17.7 Å². The fourth-order valence-electron chi connectivity index (χ4n) is 3.49. The van der Waals surface area contributed by atoms with Gasteiger partial charge in [0.15, 0.2) is 0 Å². The highest BCUT2D eigenvalue weighted by atomic mass is 15.1. The number of fused-ring (bicyclic) bond motifs is 1. The third-order valence-electron chi connectivity index (χ3n) is 4.98. The molecule has 3 heteroatoms. The van der Waals surface area contributed by atoms with Gasteiger partial charge in [-0.1, -0.05) is 32.0 Å². The maximum Gasteiger partial charge on any atom is 0.0745 e. The van der Waals surface area contributed by atoms with Crippen LogP contribution in [0.25, 0.3) is 10.9 Å². The number of rotatable bonds is 2. The van der Waals surface area contributed by atoms with E-state index >= 15 is 0 Å². The molecule has 0 aliphatic heterocycles. The van der Waals surface area contributed by atoms with E-state index in [1.807, 2.05) is 6.07 Å². The van der Waals surface area contributed by atoms with Crippen molar-refractivity contribution < 1.29 is 0 Å². The van der Waals surface area contributed by atoms with Crippen LogP contribution in [0.3, 0.4) is 0 Å². The van der Waals surface area contributed by atoms with Gasteiger partial charge in [-0.3, -0.25) is 4.98 Å². The number of aromatic nitrogens is 1. The van der Waals surface area contributed by atoms with Crippen LogP contribution in [-0.4, -0.2) is 18.1 Å². The van der Waals surface area contributed by atoms with Crippen molar-refractivity contribution >= 4 is 22.3 Å². The standard InChI is InChI=1S/C18H25N3/c1-18(2)10-8-13(9-11-18)21(3)17-14-6-4-5-7-16(14)20-12-15(17)19/h4-7,12-13H,8-11,19H2,1-3H3. The molecular formula is C18H25N3. The Bertz CT molecular complexity index is 638. The first-order valence-electron chi connectivity index (χ1n) is 7.84. The monoisotopic (exact) mass is 283 g/mol. The van der Waals surface area contributed by atoms with E-state index in [0.717, 1.165) is 22.3 Å². The average Bonchev–Trinajstić information content (AvgIpc) is 2.46. The van der Waals surface area contributed by atoms with E-state index in [9.17, 15) is 0 Å². The molecule has 0 atom stereocenters. The summed E-state index contributed by atoms with van der Waals surface area (Å²) in [7, 11) is 2.18. The van der Waals surface area contributed by atoms with Crippen LogP contribution in [0, 0.1) is 5.41 Å². The van der Waals surface area contributed by atoms with E-state index in [4.69, 9.17) is 5.73 Å². The van der Waals surface area contributed by atoms with Gasteiger partial charge >= 0.3 is 0 Å². The Morgan fingerprint density at radius 2 is 1.86 bits per heavy atom. The highest BCUT2D eigenvalue weighted by Gasteiger charge is 2.30. The zero-order valence-corrected chi connectivity index (χ0v) is 13.3. The Kier molecular flexibility index (Phi) is 3.52. The van der Waals surface area contributed by atoms with Crippen molar-refractivity contribution in [2.24, 2.45) is 5.41 Å². The third-order valence-corrected chi connectivity index (χ3v) is 4.98. The zero-order valence-electron chi connectivity index (χ0n) is 13.3. The Labute approximate surface area is 127 Å². The van der Waals surface area contributed by atoms with Crippen LogP contribution in [0.2, 0.25) is 0 Å². The van der Waals surface area contributed by atoms with Gasteiger partial charge in [-0.05, 0) is 37.2 Å². The molecule has 0 radical (unpaired) electrons. The highest BCUT2D eigenvalue weighted by Crippen LogP contribution is 2.40. The molecule has 0 amide bonds. The van der Waals surface area contributed by atoms with Crippen molar-refractivity contribution in [1.29, 1.82) is 0 Å². The normalized spacial score (nSPS) is 18.8. The van der Waals surface area contributed by atoms with Crippen molar-refractivity contribution in [3.8, 4) is 0 Å². The third kappa shape index (κ3) is 2.69. The molecule has 1 heterocycles. The van der Waals surface area contributed by atoms with Crippen molar-refractivity contribution in [2.45, 2.75) is 45.6 Å². The van der Waals surface area contributed by atoms with Crippen LogP contribution in [-0.2, 0) is 0 Å². The molecule has 2 aromatic rings.